The fourth-order valence-electron chi connectivity index (χ4n) is 3.01. The highest BCUT2D eigenvalue weighted by Crippen LogP contribution is 2.46. The van der Waals surface area contributed by atoms with Crippen LogP contribution in [-0.2, 0) is 9.59 Å². The second-order valence-corrected chi connectivity index (χ2v) is 7.18. The second kappa shape index (κ2) is 5.73. The summed E-state index contributed by atoms with van der Waals surface area (Å²) in [5, 5.41) is 12.2. The van der Waals surface area contributed by atoms with Gasteiger partial charge in [0.05, 0.1) is 11.8 Å². The third kappa shape index (κ3) is 3.25. The Morgan fingerprint density at radius 2 is 1.95 bits per heavy atom. The van der Waals surface area contributed by atoms with Crippen LogP contribution in [0.15, 0.2) is 0 Å². The van der Waals surface area contributed by atoms with Crippen molar-refractivity contribution in [2.45, 2.75) is 43.8 Å². The highest BCUT2D eigenvalue weighted by Gasteiger charge is 2.45. The van der Waals surface area contributed by atoms with E-state index in [9.17, 15) is 14.7 Å². The molecule has 2 N–H and O–H groups in total. The summed E-state index contributed by atoms with van der Waals surface area (Å²) in [6.07, 6.45) is 6.71. The van der Waals surface area contributed by atoms with Crippen molar-refractivity contribution in [3.05, 3.63) is 0 Å². The van der Waals surface area contributed by atoms with E-state index in [-0.39, 0.29) is 16.6 Å². The molecule has 108 valence electrons. The number of amides is 1. The number of carboxylic acid groups (broad SMARTS) is 1. The molecule has 1 amide bonds. The minimum Gasteiger partial charge on any atom is -0.481 e. The summed E-state index contributed by atoms with van der Waals surface area (Å²) < 4.78 is 0.233. The van der Waals surface area contributed by atoms with Crippen molar-refractivity contribution < 1.29 is 14.7 Å². The lowest BCUT2D eigenvalue weighted by molar-refractivity contribution is -0.146. The van der Waals surface area contributed by atoms with Gasteiger partial charge in [-0.2, -0.15) is 11.8 Å². The smallest absolute Gasteiger partial charge is 0.307 e. The summed E-state index contributed by atoms with van der Waals surface area (Å²) >= 11 is 1.80. The van der Waals surface area contributed by atoms with Gasteiger partial charge in [-0.1, -0.05) is 13.3 Å². The number of hydrogen-bond donors (Lipinski definition) is 2. The average molecular weight is 285 g/mol. The lowest BCUT2D eigenvalue weighted by atomic mass is 9.95. The molecule has 5 heteroatoms. The number of aliphatic carboxylic acids is 1. The van der Waals surface area contributed by atoms with Gasteiger partial charge >= 0.3 is 5.97 Å². The van der Waals surface area contributed by atoms with E-state index in [1.807, 2.05) is 0 Å². The normalized spacial score (nSPS) is 32.0. The van der Waals surface area contributed by atoms with Gasteiger partial charge in [0.15, 0.2) is 0 Å². The maximum Gasteiger partial charge on any atom is 0.307 e. The van der Waals surface area contributed by atoms with Crippen LogP contribution in [0.3, 0.4) is 0 Å². The number of hydrogen-bond acceptors (Lipinski definition) is 3. The standard InChI is InChI=1S/C14H23NO3S/c1-3-9-6-10(11(7-9)13(17)18)12(16)15-8-14(19-2)4-5-14/h9-11H,3-8H2,1-2H3,(H,15,16)(H,17,18)/t9?,10-,11+/m0/s1. The molecule has 1 unspecified atom stereocenters. The lowest BCUT2D eigenvalue weighted by Gasteiger charge is -2.18. The zero-order chi connectivity index (χ0) is 14.0. The quantitative estimate of drug-likeness (QED) is 0.784. The summed E-state index contributed by atoms with van der Waals surface area (Å²) in [6, 6.07) is 0. The van der Waals surface area contributed by atoms with Crippen molar-refractivity contribution in [2.75, 3.05) is 12.8 Å². The van der Waals surface area contributed by atoms with Crippen molar-refractivity contribution in [3.8, 4) is 0 Å². The zero-order valence-electron chi connectivity index (χ0n) is 11.6. The maximum atomic E-state index is 12.2. The van der Waals surface area contributed by atoms with Crippen molar-refractivity contribution in [1.82, 2.24) is 5.32 Å². The first-order valence-electron chi connectivity index (χ1n) is 7.07. The third-order valence-corrected chi connectivity index (χ3v) is 6.14. The van der Waals surface area contributed by atoms with Crippen LogP contribution in [0.4, 0.5) is 0 Å². The van der Waals surface area contributed by atoms with Crippen LogP contribution in [0.1, 0.15) is 39.0 Å². The monoisotopic (exact) mass is 285 g/mol. The van der Waals surface area contributed by atoms with Gasteiger partial charge in [-0.25, -0.2) is 0 Å². The lowest BCUT2D eigenvalue weighted by Crippen LogP contribution is -2.39. The van der Waals surface area contributed by atoms with Crippen LogP contribution in [0.2, 0.25) is 0 Å². The molecule has 2 aliphatic carbocycles. The van der Waals surface area contributed by atoms with Gasteiger partial charge in [-0.15, -0.1) is 0 Å². The van der Waals surface area contributed by atoms with Gasteiger partial charge < -0.3 is 10.4 Å². The molecule has 0 saturated heterocycles. The SMILES string of the molecule is CCC1C[C@H](C(=O)NCC2(SC)CC2)[C@H](C(=O)O)C1. The molecule has 0 aliphatic heterocycles. The van der Waals surface area contributed by atoms with E-state index in [0.29, 0.717) is 18.9 Å². The first kappa shape index (κ1) is 14.7. The Hall–Kier alpha value is -0.710. The Morgan fingerprint density at radius 3 is 2.42 bits per heavy atom. The molecule has 0 aromatic heterocycles. The highest BCUT2D eigenvalue weighted by atomic mass is 32.2. The Balaban J connectivity index is 1.91. The summed E-state index contributed by atoms with van der Waals surface area (Å²) in [5.41, 5.74) is 0. The Labute approximate surface area is 118 Å². The fraction of sp³-hybridized carbons (Fsp3) is 0.857. The molecule has 4 nitrogen and oxygen atoms in total. The number of nitrogens with one attached hydrogen (secondary N) is 1. The number of rotatable bonds is 6. The van der Waals surface area contributed by atoms with Crippen molar-refractivity contribution in [3.63, 3.8) is 0 Å². The molecule has 0 heterocycles. The summed E-state index contributed by atoms with van der Waals surface area (Å²) in [6.45, 7) is 2.75. The van der Waals surface area contributed by atoms with Crippen LogP contribution >= 0.6 is 11.8 Å². The van der Waals surface area contributed by atoms with E-state index in [4.69, 9.17) is 0 Å². The van der Waals surface area contributed by atoms with E-state index in [2.05, 4.69) is 18.5 Å². The topological polar surface area (TPSA) is 66.4 Å². The molecule has 0 aromatic rings. The molecule has 2 saturated carbocycles. The Bertz CT molecular complexity index is 368. The fourth-order valence-corrected chi connectivity index (χ4v) is 3.74. The predicted octanol–water partition coefficient (Wildman–Crippen LogP) is 2.14. The molecule has 0 aromatic carbocycles. The molecule has 3 atom stereocenters. The zero-order valence-corrected chi connectivity index (χ0v) is 12.5. The Morgan fingerprint density at radius 1 is 1.32 bits per heavy atom. The van der Waals surface area contributed by atoms with Crippen LogP contribution in [0, 0.1) is 17.8 Å². The maximum absolute atomic E-state index is 12.2. The molecule has 0 radical (unpaired) electrons. The molecule has 19 heavy (non-hydrogen) atoms. The molecule has 2 aliphatic rings. The Kier molecular flexibility index (Phi) is 4.43. The van der Waals surface area contributed by atoms with Crippen molar-refractivity contribution >= 4 is 23.6 Å². The highest BCUT2D eigenvalue weighted by molar-refractivity contribution is 8.00. The van der Waals surface area contributed by atoms with E-state index in [1.54, 1.807) is 11.8 Å². The van der Waals surface area contributed by atoms with E-state index in [0.717, 1.165) is 25.7 Å². The first-order valence-corrected chi connectivity index (χ1v) is 8.29. The van der Waals surface area contributed by atoms with Crippen LogP contribution in [-0.4, -0.2) is 34.5 Å². The minimum absolute atomic E-state index is 0.0522. The van der Waals surface area contributed by atoms with Crippen LogP contribution < -0.4 is 5.32 Å². The van der Waals surface area contributed by atoms with E-state index in [1.165, 1.54) is 0 Å². The van der Waals surface area contributed by atoms with E-state index >= 15 is 0 Å². The number of carbonyl (C=O) groups is 2. The number of carboxylic acids is 1. The molecular formula is C14H23NO3S. The van der Waals surface area contributed by atoms with Gasteiger partial charge in [0.25, 0.3) is 0 Å². The summed E-state index contributed by atoms with van der Waals surface area (Å²) in [4.78, 5) is 23.5. The van der Waals surface area contributed by atoms with Crippen LogP contribution in [0.5, 0.6) is 0 Å². The molecule has 2 fully saturated rings. The van der Waals surface area contributed by atoms with Crippen LogP contribution in [0.25, 0.3) is 0 Å². The van der Waals surface area contributed by atoms with Crippen molar-refractivity contribution in [1.29, 1.82) is 0 Å². The van der Waals surface area contributed by atoms with E-state index < -0.39 is 11.9 Å². The number of carbonyl (C=O) groups excluding carboxylic acids is 1. The molecular weight excluding hydrogens is 262 g/mol. The summed E-state index contributed by atoms with van der Waals surface area (Å²) in [7, 11) is 0. The molecule has 2 rings (SSSR count). The van der Waals surface area contributed by atoms with Gasteiger partial charge in [0.1, 0.15) is 0 Å². The first-order chi connectivity index (χ1) is 9.01. The molecule has 0 spiro atoms. The predicted molar refractivity (Wildman–Crippen MR) is 76.1 cm³/mol. The number of thioether (sulfide) groups is 1. The minimum atomic E-state index is -0.817. The summed E-state index contributed by atoms with van der Waals surface area (Å²) in [5.74, 6) is -1.31. The van der Waals surface area contributed by atoms with Gasteiger partial charge in [0, 0.05) is 11.3 Å². The largest absolute Gasteiger partial charge is 0.481 e. The van der Waals surface area contributed by atoms with Crippen molar-refractivity contribution in [2.24, 2.45) is 17.8 Å². The van der Waals surface area contributed by atoms with Gasteiger partial charge in [-0.3, -0.25) is 9.59 Å². The third-order valence-electron chi connectivity index (χ3n) is 4.72. The second-order valence-electron chi connectivity index (χ2n) is 5.90. The van der Waals surface area contributed by atoms with Gasteiger partial charge in [0.2, 0.25) is 5.91 Å². The van der Waals surface area contributed by atoms with Gasteiger partial charge in [-0.05, 0) is 37.9 Å². The average Bonchev–Trinajstić information content (AvgIpc) is 3.05. The molecule has 0 bridgehead atoms.